The highest BCUT2D eigenvalue weighted by Gasteiger charge is 2.18. The van der Waals surface area contributed by atoms with Gasteiger partial charge < -0.3 is 15.3 Å². The van der Waals surface area contributed by atoms with Crippen LogP contribution in [0.3, 0.4) is 0 Å². The number of benzene rings is 1. The zero-order valence-corrected chi connectivity index (χ0v) is 11.4. The fourth-order valence-electron chi connectivity index (χ4n) is 2.07. The van der Waals surface area contributed by atoms with E-state index in [4.69, 9.17) is 0 Å². The SMILES string of the molecule is Oc1c(Br)cc(F)c(F)c1CCN1CCNCC1. The monoisotopic (exact) mass is 320 g/mol. The zero-order valence-electron chi connectivity index (χ0n) is 9.85. The molecule has 0 saturated carbocycles. The first kappa shape index (κ1) is 13.7. The first-order chi connectivity index (χ1) is 8.59. The van der Waals surface area contributed by atoms with Crippen molar-refractivity contribution in [1.29, 1.82) is 0 Å². The highest BCUT2D eigenvalue weighted by Crippen LogP contribution is 2.32. The lowest BCUT2D eigenvalue weighted by Crippen LogP contribution is -2.44. The molecule has 1 saturated heterocycles. The number of hydrogen-bond donors (Lipinski definition) is 2. The Labute approximate surface area is 113 Å². The lowest BCUT2D eigenvalue weighted by atomic mass is 10.1. The van der Waals surface area contributed by atoms with Crippen LogP contribution in [0.2, 0.25) is 0 Å². The van der Waals surface area contributed by atoms with Crippen molar-refractivity contribution < 1.29 is 13.9 Å². The summed E-state index contributed by atoms with van der Waals surface area (Å²) < 4.78 is 27.0. The standard InChI is InChI=1S/C12H15BrF2N2O/c13-9-7-10(14)11(15)8(12(9)18)1-4-17-5-2-16-3-6-17/h7,16,18H,1-6H2. The van der Waals surface area contributed by atoms with E-state index in [1.807, 2.05) is 0 Å². The Morgan fingerprint density at radius 1 is 1.33 bits per heavy atom. The molecule has 0 unspecified atom stereocenters. The third kappa shape index (κ3) is 2.99. The third-order valence-corrected chi connectivity index (χ3v) is 3.73. The van der Waals surface area contributed by atoms with E-state index in [1.165, 1.54) is 0 Å². The summed E-state index contributed by atoms with van der Waals surface area (Å²) in [6.45, 7) is 4.20. The number of halogens is 3. The number of phenols is 1. The lowest BCUT2D eigenvalue weighted by molar-refractivity contribution is 0.242. The van der Waals surface area contributed by atoms with E-state index in [-0.39, 0.29) is 15.8 Å². The van der Waals surface area contributed by atoms with Crippen LogP contribution in [0.4, 0.5) is 8.78 Å². The van der Waals surface area contributed by atoms with E-state index in [0.717, 1.165) is 32.2 Å². The molecule has 3 nitrogen and oxygen atoms in total. The molecule has 18 heavy (non-hydrogen) atoms. The van der Waals surface area contributed by atoms with Gasteiger partial charge in [0.2, 0.25) is 0 Å². The van der Waals surface area contributed by atoms with Gasteiger partial charge in [-0.1, -0.05) is 0 Å². The Morgan fingerprint density at radius 3 is 2.67 bits per heavy atom. The second-order valence-electron chi connectivity index (χ2n) is 4.32. The molecule has 0 aliphatic carbocycles. The second kappa shape index (κ2) is 5.95. The number of nitrogens with one attached hydrogen (secondary N) is 1. The van der Waals surface area contributed by atoms with Crippen LogP contribution in [0.5, 0.6) is 5.75 Å². The van der Waals surface area contributed by atoms with Crippen LogP contribution < -0.4 is 5.32 Å². The van der Waals surface area contributed by atoms with E-state index in [0.29, 0.717) is 13.0 Å². The molecule has 1 aromatic rings. The minimum Gasteiger partial charge on any atom is -0.506 e. The largest absolute Gasteiger partial charge is 0.506 e. The Balaban J connectivity index is 2.08. The first-order valence-electron chi connectivity index (χ1n) is 5.88. The average molecular weight is 321 g/mol. The van der Waals surface area contributed by atoms with Gasteiger partial charge >= 0.3 is 0 Å². The van der Waals surface area contributed by atoms with Crippen molar-refractivity contribution in [3.63, 3.8) is 0 Å². The summed E-state index contributed by atoms with van der Waals surface area (Å²) in [6.07, 6.45) is 0.300. The average Bonchev–Trinajstić information content (AvgIpc) is 2.38. The minimum absolute atomic E-state index is 0.0420. The van der Waals surface area contributed by atoms with Gasteiger partial charge in [0, 0.05) is 38.3 Å². The van der Waals surface area contributed by atoms with Gasteiger partial charge in [0.25, 0.3) is 0 Å². The summed E-state index contributed by atoms with van der Waals surface area (Å²) in [6, 6.07) is 0.943. The summed E-state index contributed by atoms with van der Waals surface area (Å²) in [7, 11) is 0. The Bertz CT molecular complexity index is 410. The summed E-state index contributed by atoms with van der Waals surface area (Å²) in [4.78, 5) is 2.16. The van der Waals surface area contributed by atoms with Gasteiger partial charge in [-0.3, -0.25) is 0 Å². The number of rotatable bonds is 3. The molecule has 0 bridgehead atoms. The molecule has 1 aromatic carbocycles. The van der Waals surface area contributed by atoms with Gasteiger partial charge in [-0.05, 0) is 28.4 Å². The summed E-state index contributed by atoms with van der Waals surface area (Å²) in [5.41, 5.74) is 0.0420. The predicted molar refractivity (Wildman–Crippen MR) is 68.7 cm³/mol. The van der Waals surface area contributed by atoms with Gasteiger partial charge in [-0.2, -0.15) is 0 Å². The Hall–Kier alpha value is -0.720. The van der Waals surface area contributed by atoms with Crippen molar-refractivity contribution in [2.45, 2.75) is 6.42 Å². The molecule has 1 aliphatic rings. The zero-order chi connectivity index (χ0) is 13.1. The Kier molecular flexibility index (Phi) is 4.53. The molecule has 0 radical (unpaired) electrons. The topological polar surface area (TPSA) is 35.5 Å². The van der Waals surface area contributed by atoms with Crippen molar-refractivity contribution in [3.05, 3.63) is 27.7 Å². The molecule has 1 fully saturated rings. The van der Waals surface area contributed by atoms with Gasteiger partial charge in [-0.25, -0.2) is 8.78 Å². The maximum absolute atomic E-state index is 13.6. The fourth-order valence-corrected chi connectivity index (χ4v) is 2.51. The number of piperazine rings is 1. The molecule has 0 amide bonds. The van der Waals surface area contributed by atoms with Gasteiger partial charge in [0.15, 0.2) is 11.6 Å². The van der Waals surface area contributed by atoms with Gasteiger partial charge in [0.05, 0.1) is 4.47 Å². The molecule has 0 aromatic heterocycles. The first-order valence-corrected chi connectivity index (χ1v) is 6.67. The minimum atomic E-state index is -0.953. The van der Waals surface area contributed by atoms with Crippen molar-refractivity contribution in [2.24, 2.45) is 0 Å². The van der Waals surface area contributed by atoms with E-state index in [9.17, 15) is 13.9 Å². The molecule has 6 heteroatoms. The molecule has 0 atom stereocenters. The van der Waals surface area contributed by atoms with Crippen LogP contribution in [0.1, 0.15) is 5.56 Å². The highest BCUT2D eigenvalue weighted by molar-refractivity contribution is 9.10. The second-order valence-corrected chi connectivity index (χ2v) is 5.18. The van der Waals surface area contributed by atoms with Crippen molar-refractivity contribution in [3.8, 4) is 5.75 Å². The lowest BCUT2D eigenvalue weighted by Gasteiger charge is -2.27. The maximum Gasteiger partial charge on any atom is 0.165 e. The van der Waals surface area contributed by atoms with E-state index >= 15 is 0 Å². The third-order valence-electron chi connectivity index (χ3n) is 3.13. The van der Waals surface area contributed by atoms with Gasteiger partial charge in [-0.15, -0.1) is 0 Å². The summed E-state index contributed by atoms with van der Waals surface area (Å²) in [5, 5.41) is 13.0. The predicted octanol–water partition coefficient (Wildman–Crippen LogP) is 1.88. The smallest absolute Gasteiger partial charge is 0.165 e. The summed E-state index contributed by atoms with van der Waals surface area (Å²) >= 11 is 3.02. The maximum atomic E-state index is 13.6. The summed E-state index contributed by atoms with van der Waals surface area (Å²) in [5.74, 6) is -2.09. The fraction of sp³-hybridized carbons (Fsp3) is 0.500. The van der Waals surface area contributed by atoms with E-state index in [2.05, 4.69) is 26.1 Å². The quantitative estimate of drug-likeness (QED) is 0.835. The van der Waals surface area contributed by atoms with Crippen LogP contribution >= 0.6 is 15.9 Å². The normalized spacial score (nSPS) is 17.1. The Morgan fingerprint density at radius 2 is 2.00 bits per heavy atom. The molecule has 1 heterocycles. The van der Waals surface area contributed by atoms with Crippen LogP contribution in [0.15, 0.2) is 10.5 Å². The van der Waals surface area contributed by atoms with Crippen LogP contribution in [-0.2, 0) is 6.42 Å². The van der Waals surface area contributed by atoms with Crippen molar-refractivity contribution in [1.82, 2.24) is 10.2 Å². The molecular weight excluding hydrogens is 306 g/mol. The van der Waals surface area contributed by atoms with E-state index < -0.39 is 11.6 Å². The molecule has 2 rings (SSSR count). The van der Waals surface area contributed by atoms with Crippen molar-refractivity contribution >= 4 is 15.9 Å². The number of aromatic hydroxyl groups is 1. The number of phenolic OH excluding ortho intramolecular Hbond substituents is 1. The molecule has 0 spiro atoms. The van der Waals surface area contributed by atoms with Crippen molar-refractivity contribution in [2.75, 3.05) is 32.7 Å². The number of nitrogens with zero attached hydrogens (tertiary/aromatic N) is 1. The molecule has 100 valence electrons. The molecular formula is C12H15BrF2N2O. The molecule has 2 N–H and O–H groups in total. The van der Waals surface area contributed by atoms with E-state index in [1.54, 1.807) is 0 Å². The number of hydrogen-bond acceptors (Lipinski definition) is 3. The highest BCUT2D eigenvalue weighted by atomic mass is 79.9. The van der Waals surface area contributed by atoms with Crippen LogP contribution in [0.25, 0.3) is 0 Å². The molecule has 1 aliphatic heterocycles. The van der Waals surface area contributed by atoms with Gasteiger partial charge in [0.1, 0.15) is 5.75 Å². The van der Waals surface area contributed by atoms with Crippen LogP contribution in [0, 0.1) is 11.6 Å². The van der Waals surface area contributed by atoms with Crippen LogP contribution in [-0.4, -0.2) is 42.7 Å².